The Kier molecular flexibility index (Phi) is 4.80. The molecule has 0 spiro atoms. The van der Waals surface area contributed by atoms with Gasteiger partial charge < -0.3 is 9.55 Å². The van der Waals surface area contributed by atoms with Crippen molar-refractivity contribution in [3.63, 3.8) is 0 Å². The summed E-state index contributed by atoms with van der Waals surface area (Å²) in [6.07, 6.45) is 7.18. The fraction of sp³-hybridized carbons (Fsp3) is 0.179. The number of hydrogen-bond acceptors (Lipinski definition) is 3. The standard InChI is InChI=1S/C28H25N5O/c1-3-23-26(19-7-5-4-6-8-19)27-30-17-22-25(33(27)31-23)12-14-32(28(22)34)13-11-20-16-29-24-10-9-18(2)15-21(20)24/h4-10,12,14-17,29H,3,11,13H2,1-2H3. The number of fused-ring (bicyclic) bond motifs is 4. The molecule has 4 heterocycles. The smallest absolute Gasteiger partial charge is 0.261 e. The van der Waals surface area contributed by atoms with Crippen LogP contribution in [0.3, 0.4) is 0 Å². The molecule has 0 aliphatic carbocycles. The Hall–Kier alpha value is -4.19. The number of benzene rings is 2. The fourth-order valence-corrected chi connectivity index (χ4v) is 4.82. The van der Waals surface area contributed by atoms with E-state index in [1.165, 1.54) is 16.5 Å². The molecule has 34 heavy (non-hydrogen) atoms. The zero-order valence-corrected chi connectivity index (χ0v) is 19.2. The van der Waals surface area contributed by atoms with Gasteiger partial charge in [0.05, 0.1) is 16.6 Å². The van der Waals surface area contributed by atoms with Crippen LogP contribution in [-0.4, -0.2) is 24.1 Å². The van der Waals surface area contributed by atoms with Crippen molar-refractivity contribution in [1.82, 2.24) is 24.1 Å². The lowest BCUT2D eigenvalue weighted by molar-refractivity contribution is 0.676. The second kappa shape index (κ2) is 7.99. The monoisotopic (exact) mass is 447 g/mol. The first kappa shape index (κ1) is 20.4. The number of pyridine rings is 1. The molecule has 0 atom stereocenters. The molecular formula is C28H25N5O. The van der Waals surface area contributed by atoms with Crippen molar-refractivity contribution in [1.29, 1.82) is 0 Å². The van der Waals surface area contributed by atoms with Crippen LogP contribution in [0.4, 0.5) is 0 Å². The van der Waals surface area contributed by atoms with Crippen LogP contribution < -0.4 is 5.56 Å². The third kappa shape index (κ3) is 3.22. The molecule has 0 aliphatic rings. The van der Waals surface area contributed by atoms with E-state index in [4.69, 9.17) is 10.1 Å². The molecule has 0 fully saturated rings. The maximum atomic E-state index is 13.4. The highest BCUT2D eigenvalue weighted by Crippen LogP contribution is 2.29. The number of rotatable bonds is 5. The summed E-state index contributed by atoms with van der Waals surface area (Å²) in [5.74, 6) is 0. The minimum Gasteiger partial charge on any atom is -0.361 e. The molecule has 2 aromatic carbocycles. The van der Waals surface area contributed by atoms with Crippen LogP contribution in [0.25, 0.3) is 38.6 Å². The molecule has 0 saturated heterocycles. The molecule has 4 aromatic heterocycles. The fourth-order valence-electron chi connectivity index (χ4n) is 4.82. The van der Waals surface area contributed by atoms with Crippen LogP contribution in [0, 0.1) is 6.92 Å². The van der Waals surface area contributed by atoms with Gasteiger partial charge in [-0.05, 0) is 49.1 Å². The molecule has 0 radical (unpaired) electrons. The third-order valence-electron chi connectivity index (χ3n) is 6.60. The summed E-state index contributed by atoms with van der Waals surface area (Å²) < 4.78 is 3.59. The summed E-state index contributed by atoms with van der Waals surface area (Å²) in [6, 6.07) is 18.6. The van der Waals surface area contributed by atoms with Gasteiger partial charge in [-0.1, -0.05) is 48.9 Å². The summed E-state index contributed by atoms with van der Waals surface area (Å²) in [7, 11) is 0. The van der Waals surface area contributed by atoms with Gasteiger partial charge in [-0.15, -0.1) is 0 Å². The van der Waals surface area contributed by atoms with Crippen LogP contribution in [0.5, 0.6) is 0 Å². The van der Waals surface area contributed by atoms with Gasteiger partial charge in [-0.25, -0.2) is 9.50 Å². The molecule has 0 saturated carbocycles. The molecule has 0 unspecified atom stereocenters. The Morgan fingerprint density at radius 1 is 1.03 bits per heavy atom. The van der Waals surface area contributed by atoms with Gasteiger partial charge in [-0.2, -0.15) is 5.10 Å². The van der Waals surface area contributed by atoms with Crippen molar-refractivity contribution in [3.8, 4) is 11.1 Å². The number of nitrogens with zero attached hydrogens (tertiary/aromatic N) is 4. The van der Waals surface area contributed by atoms with E-state index in [9.17, 15) is 4.79 Å². The van der Waals surface area contributed by atoms with Crippen molar-refractivity contribution in [3.05, 3.63) is 100 Å². The predicted molar refractivity (Wildman–Crippen MR) is 136 cm³/mol. The zero-order chi connectivity index (χ0) is 23.2. The van der Waals surface area contributed by atoms with Crippen LogP contribution in [0.2, 0.25) is 0 Å². The summed E-state index contributed by atoms with van der Waals surface area (Å²) in [6.45, 7) is 4.79. The van der Waals surface area contributed by atoms with Gasteiger partial charge in [0.15, 0.2) is 5.65 Å². The highest BCUT2D eigenvalue weighted by Gasteiger charge is 2.17. The first-order valence-electron chi connectivity index (χ1n) is 11.7. The summed E-state index contributed by atoms with van der Waals surface area (Å²) in [5.41, 5.74) is 8.18. The van der Waals surface area contributed by atoms with Crippen molar-refractivity contribution >= 4 is 27.5 Å². The molecule has 168 valence electrons. The Balaban J connectivity index is 1.41. The normalized spacial score (nSPS) is 11.7. The SMILES string of the molecule is CCc1nn2c(ncc3c(=O)n(CCc4c[nH]c5ccc(C)cc45)ccc32)c1-c1ccccc1. The van der Waals surface area contributed by atoms with Gasteiger partial charge >= 0.3 is 0 Å². The van der Waals surface area contributed by atoms with Crippen molar-refractivity contribution in [2.75, 3.05) is 0 Å². The van der Waals surface area contributed by atoms with Gasteiger partial charge in [0.2, 0.25) is 0 Å². The van der Waals surface area contributed by atoms with E-state index in [1.807, 2.05) is 41.2 Å². The zero-order valence-electron chi connectivity index (χ0n) is 19.2. The number of aryl methyl sites for hydroxylation is 4. The van der Waals surface area contributed by atoms with Crippen LogP contribution in [0.15, 0.2) is 78.0 Å². The number of aromatic nitrogens is 5. The maximum absolute atomic E-state index is 13.4. The Morgan fingerprint density at radius 3 is 2.71 bits per heavy atom. The Morgan fingerprint density at radius 2 is 1.88 bits per heavy atom. The van der Waals surface area contributed by atoms with Crippen LogP contribution in [-0.2, 0) is 19.4 Å². The lowest BCUT2D eigenvalue weighted by atomic mass is 10.0. The molecular weight excluding hydrogens is 422 g/mol. The van der Waals surface area contributed by atoms with E-state index in [0.29, 0.717) is 11.9 Å². The number of nitrogens with one attached hydrogen (secondary N) is 1. The molecule has 6 heteroatoms. The van der Waals surface area contributed by atoms with Crippen molar-refractivity contribution in [2.24, 2.45) is 0 Å². The summed E-state index contributed by atoms with van der Waals surface area (Å²) in [5, 5.41) is 6.63. The van der Waals surface area contributed by atoms with Gasteiger partial charge in [0, 0.05) is 41.6 Å². The number of aromatic amines is 1. The van der Waals surface area contributed by atoms with E-state index in [2.05, 4.69) is 49.2 Å². The highest BCUT2D eigenvalue weighted by molar-refractivity contribution is 5.87. The molecule has 1 N–H and O–H groups in total. The summed E-state index contributed by atoms with van der Waals surface area (Å²) in [4.78, 5) is 21.4. The molecule has 6 aromatic rings. The quantitative estimate of drug-likeness (QED) is 0.390. The Labute approximate surface area is 196 Å². The van der Waals surface area contributed by atoms with Gasteiger partial charge in [-0.3, -0.25) is 4.79 Å². The minimum atomic E-state index is -0.0438. The average Bonchev–Trinajstić information content (AvgIpc) is 3.45. The van der Waals surface area contributed by atoms with E-state index in [-0.39, 0.29) is 5.56 Å². The van der Waals surface area contributed by atoms with E-state index >= 15 is 0 Å². The summed E-state index contributed by atoms with van der Waals surface area (Å²) >= 11 is 0. The van der Waals surface area contributed by atoms with E-state index in [1.54, 1.807) is 10.8 Å². The van der Waals surface area contributed by atoms with Crippen LogP contribution in [0.1, 0.15) is 23.7 Å². The van der Waals surface area contributed by atoms with Crippen molar-refractivity contribution in [2.45, 2.75) is 33.2 Å². The van der Waals surface area contributed by atoms with E-state index < -0.39 is 0 Å². The third-order valence-corrected chi connectivity index (χ3v) is 6.60. The largest absolute Gasteiger partial charge is 0.361 e. The molecule has 0 aliphatic heterocycles. The first-order chi connectivity index (χ1) is 16.6. The molecule has 6 rings (SSSR count). The van der Waals surface area contributed by atoms with Gasteiger partial charge in [0.25, 0.3) is 5.56 Å². The average molecular weight is 448 g/mol. The number of hydrogen-bond donors (Lipinski definition) is 1. The molecule has 0 amide bonds. The first-order valence-corrected chi connectivity index (χ1v) is 11.7. The lowest BCUT2D eigenvalue weighted by Gasteiger charge is -2.08. The maximum Gasteiger partial charge on any atom is 0.261 e. The van der Waals surface area contributed by atoms with Crippen LogP contribution >= 0.6 is 0 Å². The molecule has 6 nitrogen and oxygen atoms in total. The number of H-pyrrole nitrogens is 1. The molecule has 0 bridgehead atoms. The second-order valence-electron chi connectivity index (χ2n) is 8.76. The van der Waals surface area contributed by atoms with Gasteiger partial charge in [0.1, 0.15) is 0 Å². The van der Waals surface area contributed by atoms with E-state index in [0.717, 1.165) is 46.3 Å². The highest BCUT2D eigenvalue weighted by atomic mass is 16.1. The predicted octanol–water partition coefficient (Wildman–Crippen LogP) is 5.31. The second-order valence-corrected chi connectivity index (χ2v) is 8.76. The van der Waals surface area contributed by atoms with Crippen molar-refractivity contribution < 1.29 is 0 Å². The lowest BCUT2D eigenvalue weighted by Crippen LogP contribution is -2.21. The minimum absolute atomic E-state index is 0.0438. The topological polar surface area (TPSA) is 68.0 Å². The Bertz CT molecular complexity index is 1720.